The third-order valence-electron chi connectivity index (χ3n) is 7.08. The normalized spacial score (nSPS) is 13.4. The Bertz CT molecular complexity index is 1230. The molecule has 0 bridgehead atoms. The molecule has 0 saturated carbocycles. The van der Waals surface area contributed by atoms with E-state index < -0.39 is 0 Å². The van der Waals surface area contributed by atoms with Gasteiger partial charge in [-0.1, -0.05) is 48.0 Å². The molecule has 0 saturated heterocycles. The average Bonchev–Trinajstić information content (AvgIpc) is 3.09. The van der Waals surface area contributed by atoms with Crippen LogP contribution >= 0.6 is 0 Å². The van der Waals surface area contributed by atoms with Gasteiger partial charge in [-0.25, -0.2) is 0 Å². The van der Waals surface area contributed by atoms with E-state index in [2.05, 4.69) is 93.4 Å². The van der Waals surface area contributed by atoms with Crippen LogP contribution in [-0.2, 0) is 11.2 Å². The number of anilines is 1. The predicted octanol–water partition coefficient (Wildman–Crippen LogP) is 7.52. The lowest BCUT2D eigenvalue weighted by atomic mass is 9.97. The van der Waals surface area contributed by atoms with Crippen molar-refractivity contribution in [2.24, 2.45) is 0 Å². The highest BCUT2D eigenvalue weighted by Gasteiger charge is 2.16. The maximum absolute atomic E-state index is 13.3. The zero-order chi connectivity index (χ0) is 26.4. The van der Waals surface area contributed by atoms with Crippen molar-refractivity contribution in [3.05, 3.63) is 89.0 Å². The molecule has 0 radical (unpaired) electrons. The van der Waals surface area contributed by atoms with Crippen molar-refractivity contribution >= 4 is 17.7 Å². The second-order valence-electron chi connectivity index (χ2n) is 10.6. The fourth-order valence-electron chi connectivity index (χ4n) is 5.05. The lowest BCUT2D eigenvalue weighted by Gasteiger charge is -2.30. The van der Waals surface area contributed by atoms with Gasteiger partial charge < -0.3 is 10.1 Å². The van der Waals surface area contributed by atoms with Crippen LogP contribution in [0.1, 0.15) is 57.2 Å². The molecule has 3 aromatic carbocycles. The van der Waals surface area contributed by atoms with Crippen LogP contribution in [0.25, 0.3) is 17.2 Å². The first-order valence-electron chi connectivity index (χ1n) is 13.5. The van der Waals surface area contributed by atoms with Gasteiger partial charge in [0, 0.05) is 36.0 Å². The number of amides is 1. The summed E-state index contributed by atoms with van der Waals surface area (Å²) in [6, 6.07) is 23.8. The summed E-state index contributed by atoms with van der Waals surface area (Å²) in [4.78, 5) is 15.7. The molecular formula is C33H40N2O2. The summed E-state index contributed by atoms with van der Waals surface area (Å²) in [6.07, 6.45) is 4.77. The van der Waals surface area contributed by atoms with E-state index in [1.165, 1.54) is 22.3 Å². The zero-order valence-electron chi connectivity index (χ0n) is 22.9. The van der Waals surface area contributed by atoms with Gasteiger partial charge in [-0.05, 0) is 100 Å². The predicted molar refractivity (Wildman–Crippen MR) is 155 cm³/mol. The first kappa shape index (κ1) is 26.7. The number of rotatable bonds is 9. The van der Waals surface area contributed by atoms with E-state index in [1.54, 1.807) is 0 Å². The van der Waals surface area contributed by atoms with E-state index >= 15 is 0 Å². The Labute approximate surface area is 222 Å². The molecule has 4 nitrogen and oxygen atoms in total. The van der Waals surface area contributed by atoms with Gasteiger partial charge in [-0.3, -0.25) is 9.69 Å². The largest absolute Gasteiger partial charge is 0.492 e. The lowest BCUT2D eigenvalue weighted by molar-refractivity contribution is -0.112. The third kappa shape index (κ3) is 7.11. The van der Waals surface area contributed by atoms with Crippen LogP contribution in [-0.4, -0.2) is 36.0 Å². The van der Waals surface area contributed by atoms with Gasteiger partial charge in [-0.15, -0.1) is 0 Å². The summed E-state index contributed by atoms with van der Waals surface area (Å²) in [6.45, 7) is 12.4. The lowest BCUT2D eigenvalue weighted by Crippen LogP contribution is -2.39. The average molecular weight is 497 g/mol. The maximum Gasteiger partial charge on any atom is 0.251 e. The highest BCUT2D eigenvalue weighted by molar-refractivity contribution is 6.07. The minimum Gasteiger partial charge on any atom is -0.492 e. The molecule has 4 rings (SSSR count). The van der Waals surface area contributed by atoms with Crippen molar-refractivity contribution in [3.8, 4) is 16.9 Å². The Kier molecular flexibility index (Phi) is 8.83. The van der Waals surface area contributed by atoms with E-state index in [0.717, 1.165) is 48.4 Å². The van der Waals surface area contributed by atoms with Gasteiger partial charge in [0.05, 0.1) is 0 Å². The summed E-state index contributed by atoms with van der Waals surface area (Å²) in [7, 11) is 0. The van der Waals surface area contributed by atoms with E-state index in [9.17, 15) is 4.79 Å². The van der Waals surface area contributed by atoms with Gasteiger partial charge in [0.2, 0.25) is 0 Å². The van der Waals surface area contributed by atoms with Crippen molar-refractivity contribution < 1.29 is 9.53 Å². The van der Waals surface area contributed by atoms with Crippen molar-refractivity contribution in [1.29, 1.82) is 0 Å². The fraction of sp³-hybridized carbons (Fsp3) is 0.364. The quantitative estimate of drug-likeness (QED) is 0.333. The summed E-state index contributed by atoms with van der Waals surface area (Å²) >= 11 is 0. The highest BCUT2D eigenvalue weighted by atomic mass is 16.5. The molecule has 1 aliphatic carbocycles. The smallest absolute Gasteiger partial charge is 0.251 e. The van der Waals surface area contributed by atoms with Crippen molar-refractivity contribution in [1.82, 2.24) is 4.90 Å². The van der Waals surface area contributed by atoms with Gasteiger partial charge in [-0.2, -0.15) is 0 Å². The molecule has 0 fully saturated rings. The Morgan fingerprint density at radius 3 is 2.38 bits per heavy atom. The van der Waals surface area contributed by atoms with E-state index in [1.807, 2.05) is 24.3 Å². The number of aryl methyl sites for hydroxylation is 2. The molecule has 0 heterocycles. The molecule has 0 atom stereocenters. The van der Waals surface area contributed by atoms with Gasteiger partial charge >= 0.3 is 0 Å². The first-order valence-corrected chi connectivity index (χ1v) is 13.5. The number of carbonyl (C=O) groups excluding carboxylic acids is 1. The molecule has 1 N–H and O–H groups in total. The molecule has 37 heavy (non-hydrogen) atoms. The molecule has 0 spiro atoms. The summed E-state index contributed by atoms with van der Waals surface area (Å²) in [5.41, 5.74) is 7.62. The minimum absolute atomic E-state index is 0.0449. The molecule has 1 aliphatic rings. The molecule has 1 amide bonds. The summed E-state index contributed by atoms with van der Waals surface area (Å²) in [5, 5.41) is 3.10. The fourth-order valence-corrected chi connectivity index (χ4v) is 5.05. The maximum atomic E-state index is 13.3. The van der Waals surface area contributed by atoms with Crippen molar-refractivity contribution in [3.63, 3.8) is 0 Å². The number of nitrogens with zero attached hydrogens (tertiary/aromatic N) is 1. The number of hydrogen-bond donors (Lipinski definition) is 1. The van der Waals surface area contributed by atoms with Crippen molar-refractivity contribution in [2.75, 3.05) is 18.5 Å². The SMILES string of the molecule is Cc1ccc(-c2ccc3c(c2)C=C(C(=O)Nc2cccc(OCCN(C(C)C)C(C)C)c2)CCC3)cc1. The first-order chi connectivity index (χ1) is 17.8. The van der Waals surface area contributed by atoms with Gasteiger partial charge in [0.15, 0.2) is 0 Å². The van der Waals surface area contributed by atoms with Gasteiger partial charge in [0.25, 0.3) is 5.91 Å². The number of nitrogens with one attached hydrogen (secondary N) is 1. The molecule has 0 unspecified atom stereocenters. The second kappa shape index (κ2) is 12.2. The Hall–Kier alpha value is -3.37. The van der Waals surface area contributed by atoms with Crippen LogP contribution in [0.4, 0.5) is 5.69 Å². The molecule has 3 aromatic rings. The molecule has 0 aromatic heterocycles. The van der Waals surface area contributed by atoms with E-state index in [-0.39, 0.29) is 5.91 Å². The monoisotopic (exact) mass is 496 g/mol. The topological polar surface area (TPSA) is 41.6 Å². The molecule has 0 aliphatic heterocycles. The number of ether oxygens (including phenoxy) is 1. The molecular weight excluding hydrogens is 456 g/mol. The van der Waals surface area contributed by atoms with Crippen LogP contribution in [0, 0.1) is 6.92 Å². The van der Waals surface area contributed by atoms with Crippen LogP contribution in [0.2, 0.25) is 0 Å². The Morgan fingerprint density at radius 1 is 0.919 bits per heavy atom. The number of hydrogen-bond acceptors (Lipinski definition) is 3. The van der Waals surface area contributed by atoms with Crippen LogP contribution in [0.3, 0.4) is 0 Å². The van der Waals surface area contributed by atoms with Crippen molar-refractivity contribution in [2.45, 2.75) is 66.0 Å². The minimum atomic E-state index is -0.0449. The standard InChI is InChI=1S/C33H40N2O2/c1-23(2)35(24(3)4)18-19-37-32-11-7-10-31(22-32)34-33(36)29-9-6-8-26-16-17-28(20-30(26)21-29)27-14-12-25(5)13-15-27/h7,10-17,20-24H,6,8-9,18-19H2,1-5H3,(H,34,36). The summed E-state index contributed by atoms with van der Waals surface area (Å²) in [5.74, 6) is 0.727. The summed E-state index contributed by atoms with van der Waals surface area (Å²) < 4.78 is 6.03. The van der Waals surface area contributed by atoms with Crippen LogP contribution in [0.15, 0.2) is 72.3 Å². The number of benzene rings is 3. The van der Waals surface area contributed by atoms with E-state index in [0.29, 0.717) is 18.7 Å². The van der Waals surface area contributed by atoms with Gasteiger partial charge in [0.1, 0.15) is 12.4 Å². The molecule has 4 heteroatoms. The number of fused-ring (bicyclic) bond motifs is 1. The Morgan fingerprint density at radius 2 is 1.65 bits per heavy atom. The highest BCUT2D eigenvalue weighted by Crippen LogP contribution is 2.29. The van der Waals surface area contributed by atoms with E-state index in [4.69, 9.17) is 4.74 Å². The van der Waals surface area contributed by atoms with Crippen LogP contribution in [0.5, 0.6) is 5.75 Å². The number of carbonyl (C=O) groups is 1. The third-order valence-corrected chi connectivity index (χ3v) is 7.08. The Balaban J connectivity index is 1.44. The zero-order valence-corrected chi connectivity index (χ0v) is 22.9. The second-order valence-corrected chi connectivity index (χ2v) is 10.6. The van der Waals surface area contributed by atoms with Crippen LogP contribution < -0.4 is 10.1 Å². The molecule has 194 valence electrons.